The van der Waals surface area contributed by atoms with Crippen molar-refractivity contribution in [3.05, 3.63) is 60.2 Å². The van der Waals surface area contributed by atoms with Crippen molar-refractivity contribution in [2.45, 2.75) is 103 Å². The minimum absolute atomic E-state index is 0.168. The summed E-state index contributed by atoms with van der Waals surface area (Å²) in [5, 5.41) is 0. The number of aromatic nitrogens is 2. The SMILES string of the molecule is CCCCCCCCCCC1CCC(c2cncc[n+]2CC(=O)c2ccccc2)CC1. The Labute approximate surface area is 189 Å². The summed E-state index contributed by atoms with van der Waals surface area (Å²) in [6, 6.07) is 9.62. The van der Waals surface area contributed by atoms with Gasteiger partial charge in [-0.1, -0.05) is 95.0 Å². The lowest BCUT2D eigenvalue weighted by Gasteiger charge is -2.27. The molecule has 1 fully saturated rings. The Balaban J connectivity index is 1.41. The number of hydrogen-bond acceptors (Lipinski definition) is 2. The van der Waals surface area contributed by atoms with Gasteiger partial charge in [0.2, 0.25) is 18.0 Å². The van der Waals surface area contributed by atoms with Crippen molar-refractivity contribution in [2.75, 3.05) is 0 Å². The van der Waals surface area contributed by atoms with E-state index in [1.165, 1.54) is 89.2 Å². The summed E-state index contributed by atoms with van der Waals surface area (Å²) in [6.45, 7) is 2.69. The smallest absolute Gasteiger partial charge is 0.227 e. The van der Waals surface area contributed by atoms with E-state index in [2.05, 4.69) is 16.5 Å². The van der Waals surface area contributed by atoms with Crippen LogP contribution < -0.4 is 4.57 Å². The Morgan fingerprint density at radius 3 is 2.32 bits per heavy atom. The maximum absolute atomic E-state index is 12.7. The monoisotopic (exact) mass is 421 g/mol. The molecule has 0 aliphatic heterocycles. The molecule has 1 heterocycles. The maximum Gasteiger partial charge on any atom is 0.227 e. The second-order valence-corrected chi connectivity index (χ2v) is 9.40. The number of nitrogens with zero attached hydrogens (tertiary/aromatic N) is 2. The highest BCUT2D eigenvalue weighted by Gasteiger charge is 2.29. The summed E-state index contributed by atoms with van der Waals surface area (Å²) in [5.74, 6) is 1.60. The molecular weight excluding hydrogens is 380 g/mol. The molecule has 0 bridgehead atoms. The molecule has 0 spiro atoms. The van der Waals surface area contributed by atoms with Crippen molar-refractivity contribution < 1.29 is 9.36 Å². The Morgan fingerprint density at radius 1 is 0.935 bits per heavy atom. The number of hydrogen-bond donors (Lipinski definition) is 0. The van der Waals surface area contributed by atoms with Crippen LogP contribution in [0.2, 0.25) is 0 Å². The number of benzene rings is 1. The van der Waals surface area contributed by atoms with Gasteiger partial charge in [0, 0.05) is 11.5 Å². The zero-order chi connectivity index (χ0) is 21.7. The van der Waals surface area contributed by atoms with Gasteiger partial charge in [-0.15, -0.1) is 0 Å². The van der Waals surface area contributed by atoms with E-state index in [0.717, 1.165) is 11.5 Å². The molecule has 0 N–H and O–H groups in total. The van der Waals surface area contributed by atoms with E-state index in [4.69, 9.17) is 0 Å². The van der Waals surface area contributed by atoms with E-state index in [0.29, 0.717) is 12.5 Å². The lowest BCUT2D eigenvalue weighted by molar-refractivity contribution is -0.692. The summed E-state index contributed by atoms with van der Waals surface area (Å²) in [6.07, 6.45) is 23.5. The van der Waals surface area contributed by atoms with Crippen LogP contribution in [0.4, 0.5) is 0 Å². The average Bonchev–Trinajstić information content (AvgIpc) is 2.82. The molecule has 1 aliphatic carbocycles. The summed E-state index contributed by atoms with van der Waals surface area (Å²) in [7, 11) is 0. The van der Waals surface area contributed by atoms with Gasteiger partial charge in [-0.3, -0.25) is 9.78 Å². The molecule has 31 heavy (non-hydrogen) atoms. The predicted octanol–water partition coefficient (Wildman–Crippen LogP) is 7.06. The first-order chi connectivity index (χ1) is 15.3. The molecule has 1 saturated carbocycles. The third-order valence-electron chi connectivity index (χ3n) is 7.01. The predicted molar refractivity (Wildman–Crippen MR) is 127 cm³/mol. The van der Waals surface area contributed by atoms with E-state index >= 15 is 0 Å². The van der Waals surface area contributed by atoms with E-state index < -0.39 is 0 Å². The van der Waals surface area contributed by atoms with Crippen LogP contribution in [0.1, 0.15) is 112 Å². The van der Waals surface area contributed by atoms with Crippen LogP contribution in [0.3, 0.4) is 0 Å². The molecular formula is C28H41N2O+. The van der Waals surface area contributed by atoms with Gasteiger partial charge in [0.25, 0.3) is 0 Å². The van der Waals surface area contributed by atoms with Crippen LogP contribution in [0.15, 0.2) is 48.9 Å². The zero-order valence-corrected chi connectivity index (χ0v) is 19.5. The van der Waals surface area contributed by atoms with E-state index in [9.17, 15) is 4.79 Å². The largest absolute Gasteiger partial charge is 0.287 e. The summed E-state index contributed by atoms with van der Waals surface area (Å²) >= 11 is 0. The van der Waals surface area contributed by atoms with Crippen LogP contribution in [0.5, 0.6) is 0 Å². The molecule has 2 aromatic rings. The van der Waals surface area contributed by atoms with Gasteiger partial charge in [0.1, 0.15) is 0 Å². The van der Waals surface area contributed by atoms with Crippen molar-refractivity contribution in [3.63, 3.8) is 0 Å². The fraction of sp³-hybridized carbons (Fsp3) is 0.607. The van der Waals surface area contributed by atoms with Crippen molar-refractivity contribution >= 4 is 5.78 Å². The summed E-state index contributed by atoms with van der Waals surface area (Å²) in [4.78, 5) is 17.1. The number of carbonyl (C=O) groups is 1. The summed E-state index contributed by atoms with van der Waals surface area (Å²) in [5.41, 5.74) is 2.02. The molecule has 0 saturated heterocycles. The average molecular weight is 422 g/mol. The standard InChI is InChI=1S/C28H41N2O/c1-2-3-4-5-6-7-8-10-13-24-16-18-25(19-17-24)27-22-29-20-21-30(27)23-28(31)26-14-11-9-12-15-26/h9,11-12,14-15,20-22,24-25H,2-8,10,13,16-19,23H2,1H3/q+1. The molecule has 1 aromatic heterocycles. The van der Waals surface area contributed by atoms with Gasteiger partial charge in [0.15, 0.2) is 6.20 Å². The van der Waals surface area contributed by atoms with Crippen molar-refractivity contribution in [1.82, 2.24) is 4.98 Å². The maximum atomic E-state index is 12.7. The second-order valence-electron chi connectivity index (χ2n) is 9.40. The minimum atomic E-state index is 0.168. The molecule has 0 unspecified atom stereocenters. The molecule has 0 radical (unpaired) electrons. The highest BCUT2D eigenvalue weighted by Crippen LogP contribution is 2.36. The van der Waals surface area contributed by atoms with Crippen LogP contribution >= 0.6 is 0 Å². The Hall–Kier alpha value is -2.03. The first-order valence-corrected chi connectivity index (χ1v) is 12.7. The minimum Gasteiger partial charge on any atom is -0.287 e. The Bertz CT molecular complexity index is 766. The normalized spacial score (nSPS) is 18.7. The zero-order valence-electron chi connectivity index (χ0n) is 19.5. The lowest BCUT2D eigenvalue weighted by atomic mass is 9.78. The molecule has 3 nitrogen and oxygen atoms in total. The molecule has 0 atom stereocenters. The van der Waals surface area contributed by atoms with Gasteiger partial charge in [0.05, 0.1) is 12.4 Å². The highest BCUT2D eigenvalue weighted by atomic mass is 16.1. The number of carbonyl (C=O) groups excluding carboxylic acids is 1. The number of Topliss-reactive ketones (excluding diaryl/α,β-unsaturated/α-hetero) is 1. The second kappa shape index (κ2) is 13.4. The van der Waals surface area contributed by atoms with Crippen molar-refractivity contribution in [3.8, 4) is 0 Å². The molecule has 3 heteroatoms. The van der Waals surface area contributed by atoms with Crippen LogP contribution in [0, 0.1) is 5.92 Å². The number of unbranched alkanes of at least 4 members (excludes halogenated alkanes) is 7. The molecule has 168 valence electrons. The van der Waals surface area contributed by atoms with Gasteiger partial charge >= 0.3 is 0 Å². The number of ketones is 1. The van der Waals surface area contributed by atoms with Crippen molar-refractivity contribution in [2.24, 2.45) is 5.92 Å². The van der Waals surface area contributed by atoms with E-state index in [1.807, 2.05) is 42.7 Å². The van der Waals surface area contributed by atoms with Gasteiger partial charge in [-0.05, 0) is 31.6 Å². The number of rotatable bonds is 13. The van der Waals surface area contributed by atoms with Crippen LogP contribution in [0.25, 0.3) is 0 Å². The van der Waals surface area contributed by atoms with Crippen LogP contribution in [-0.4, -0.2) is 10.8 Å². The summed E-state index contributed by atoms with van der Waals surface area (Å²) < 4.78 is 2.13. The first kappa shape index (κ1) is 23.6. The van der Waals surface area contributed by atoms with Gasteiger partial charge < -0.3 is 0 Å². The Kier molecular flexibility index (Phi) is 10.2. The quantitative estimate of drug-likeness (QED) is 0.197. The highest BCUT2D eigenvalue weighted by molar-refractivity contribution is 5.94. The first-order valence-electron chi connectivity index (χ1n) is 12.7. The van der Waals surface area contributed by atoms with Crippen LogP contribution in [-0.2, 0) is 6.54 Å². The third-order valence-corrected chi connectivity index (χ3v) is 7.01. The molecule has 1 aliphatic rings. The van der Waals surface area contributed by atoms with Crippen molar-refractivity contribution in [1.29, 1.82) is 0 Å². The van der Waals surface area contributed by atoms with Gasteiger partial charge in [-0.25, -0.2) is 0 Å². The molecule has 1 aromatic carbocycles. The molecule has 3 rings (SSSR count). The fourth-order valence-corrected chi connectivity index (χ4v) is 5.07. The Morgan fingerprint density at radius 2 is 1.61 bits per heavy atom. The fourth-order valence-electron chi connectivity index (χ4n) is 5.07. The lowest BCUT2D eigenvalue weighted by Crippen LogP contribution is -2.43. The van der Waals surface area contributed by atoms with E-state index in [-0.39, 0.29) is 5.78 Å². The molecule has 0 amide bonds. The van der Waals surface area contributed by atoms with E-state index in [1.54, 1.807) is 6.20 Å². The third kappa shape index (κ3) is 7.87. The van der Waals surface area contributed by atoms with Gasteiger partial charge in [-0.2, -0.15) is 4.57 Å². The topological polar surface area (TPSA) is 33.8 Å².